The molecular formula is C19H24N2O3S. The summed E-state index contributed by atoms with van der Waals surface area (Å²) < 4.78 is 11.0. The monoisotopic (exact) mass is 360 g/mol. The van der Waals surface area contributed by atoms with Crippen molar-refractivity contribution in [3.8, 4) is 11.5 Å². The van der Waals surface area contributed by atoms with Gasteiger partial charge in [-0.05, 0) is 38.5 Å². The van der Waals surface area contributed by atoms with Crippen LogP contribution in [0.5, 0.6) is 11.5 Å². The van der Waals surface area contributed by atoms with E-state index < -0.39 is 0 Å². The first kappa shape index (κ1) is 19.0. The summed E-state index contributed by atoms with van der Waals surface area (Å²) in [5.41, 5.74) is 0. The van der Waals surface area contributed by atoms with Crippen LogP contribution in [0.15, 0.2) is 54.1 Å². The van der Waals surface area contributed by atoms with Gasteiger partial charge in [0.05, 0.1) is 6.61 Å². The number of hydrogen-bond acceptors (Lipinski definition) is 5. The maximum absolute atomic E-state index is 11.6. The second-order valence-electron chi connectivity index (χ2n) is 5.70. The number of nitrogens with zero attached hydrogens (tertiary/aromatic N) is 1. The molecule has 0 unspecified atom stereocenters. The van der Waals surface area contributed by atoms with E-state index in [0.717, 1.165) is 18.7 Å². The lowest BCUT2D eigenvalue weighted by atomic mass is 10.3. The largest absolute Gasteiger partial charge is 0.492 e. The number of amides is 1. The van der Waals surface area contributed by atoms with Gasteiger partial charge < -0.3 is 19.7 Å². The van der Waals surface area contributed by atoms with Crippen LogP contribution < -0.4 is 14.8 Å². The van der Waals surface area contributed by atoms with E-state index in [1.165, 1.54) is 4.88 Å². The number of carbonyl (C=O) groups is 1. The number of rotatable bonds is 10. The Balaban J connectivity index is 1.57. The Kier molecular flexibility index (Phi) is 8.01. The van der Waals surface area contributed by atoms with Crippen LogP contribution in [0.2, 0.25) is 0 Å². The molecular weight excluding hydrogens is 336 g/mol. The van der Waals surface area contributed by atoms with Crippen molar-refractivity contribution in [2.45, 2.75) is 13.0 Å². The summed E-state index contributed by atoms with van der Waals surface area (Å²) >= 11 is 1.70. The SMILES string of the molecule is CN(C)Cc1cc(OCC/C=C\NC(=O)COc2ccccc2)cs1. The Hall–Kier alpha value is -2.31. The van der Waals surface area contributed by atoms with Crippen molar-refractivity contribution in [2.24, 2.45) is 0 Å². The van der Waals surface area contributed by atoms with E-state index in [0.29, 0.717) is 12.4 Å². The van der Waals surface area contributed by atoms with Crippen LogP contribution >= 0.6 is 11.3 Å². The van der Waals surface area contributed by atoms with Gasteiger partial charge >= 0.3 is 0 Å². The molecule has 0 saturated carbocycles. The van der Waals surface area contributed by atoms with Gasteiger partial charge in [0, 0.05) is 23.2 Å². The van der Waals surface area contributed by atoms with Gasteiger partial charge in [-0.2, -0.15) is 0 Å². The summed E-state index contributed by atoms with van der Waals surface area (Å²) in [7, 11) is 4.09. The molecule has 134 valence electrons. The van der Waals surface area contributed by atoms with Crippen molar-refractivity contribution in [3.63, 3.8) is 0 Å². The highest BCUT2D eigenvalue weighted by Crippen LogP contribution is 2.22. The molecule has 0 atom stereocenters. The molecule has 1 N–H and O–H groups in total. The standard InChI is InChI=1S/C19H24N2O3S/c1-21(2)13-18-12-17(15-25-18)23-11-7-6-10-20-19(22)14-24-16-8-4-3-5-9-16/h3-6,8-10,12,15H,7,11,13-14H2,1-2H3,(H,20,22)/b10-6-. The lowest BCUT2D eigenvalue weighted by molar-refractivity contribution is -0.122. The molecule has 0 aliphatic heterocycles. The summed E-state index contributed by atoms with van der Waals surface area (Å²) in [4.78, 5) is 15.0. The third kappa shape index (κ3) is 7.87. The number of carbonyl (C=O) groups excluding carboxylic acids is 1. The lowest BCUT2D eigenvalue weighted by Gasteiger charge is -2.06. The number of nitrogens with one attached hydrogen (secondary N) is 1. The van der Waals surface area contributed by atoms with Crippen molar-refractivity contribution in [1.29, 1.82) is 0 Å². The second-order valence-corrected chi connectivity index (χ2v) is 6.69. The van der Waals surface area contributed by atoms with Crippen LogP contribution in [-0.4, -0.2) is 38.1 Å². The topological polar surface area (TPSA) is 50.8 Å². The highest BCUT2D eigenvalue weighted by molar-refractivity contribution is 7.10. The maximum atomic E-state index is 11.6. The maximum Gasteiger partial charge on any atom is 0.261 e. The van der Waals surface area contributed by atoms with E-state index in [1.807, 2.05) is 55.9 Å². The van der Waals surface area contributed by atoms with Crippen molar-refractivity contribution in [2.75, 3.05) is 27.3 Å². The molecule has 1 aromatic carbocycles. The van der Waals surface area contributed by atoms with Crippen LogP contribution in [-0.2, 0) is 11.3 Å². The molecule has 0 spiro atoms. The number of para-hydroxylation sites is 1. The zero-order valence-corrected chi connectivity index (χ0v) is 15.4. The van der Waals surface area contributed by atoms with Crippen molar-refractivity contribution in [1.82, 2.24) is 10.2 Å². The fourth-order valence-corrected chi connectivity index (χ4v) is 2.94. The molecule has 2 rings (SSSR count). The minimum atomic E-state index is -0.188. The molecule has 5 nitrogen and oxygen atoms in total. The normalized spacial score (nSPS) is 11.0. The second kappa shape index (κ2) is 10.5. The average Bonchev–Trinajstić information content (AvgIpc) is 3.03. The number of thiophene rings is 1. The van der Waals surface area contributed by atoms with Crippen LogP contribution in [0.25, 0.3) is 0 Å². The van der Waals surface area contributed by atoms with Gasteiger partial charge in [-0.1, -0.05) is 24.3 Å². The van der Waals surface area contributed by atoms with E-state index in [1.54, 1.807) is 17.5 Å². The number of ether oxygens (including phenoxy) is 2. The minimum Gasteiger partial charge on any atom is -0.492 e. The molecule has 0 saturated heterocycles. The van der Waals surface area contributed by atoms with E-state index in [9.17, 15) is 4.79 Å². The molecule has 0 radical (unpaired) electrons. The Morgan fingerprint density at radius 1 is 1.20 bits per heavy atom. The van der Waals surface area contributed by atoms with Crippen molar-refractivity contribution >= 4 is 17.2 Å². The fourth-order valence-electron chi connectivity index (χ4n) is 2.02. The Labute approximate surface area is 152 Å². The third-order valence-corrected chi connectivity index (χ3v) is 4.03. The first-order valence-electron chi connectivity index (χ1n) is 8.10. The molecule has 0 aliphatic rings. The van der Waals surface area contributed by atoms with Gasteiger partial charge in [-0.3, -0.25) is 4.79 Å². The summed E-state index contributed by atoms with van der Waals surface area (Å²) in [5, 5.41) is 4.69. The zero-order chi connectivity index (χ0) is 17.9. The molecule has 2 aromatic rings. The van der Waals surface area contributed by atoms with E-state index >= 15 is 0 Å². The molecule has 1 amide bonds. The molecule has 1 aromatic heterocycles. The van der Waals surface area contributed by atoms with Crippen LogP contribution in [0.3, 0.4) is 0 Å². The molecule has 1 heterocycles. The van der Waals surface area contributed by atoms with Gasteiger partial charge in [0.2, 0.25) is 0 Å². The molecule has 6 heteroatoms. The highest BCUT2D eigenvalue weighted by Gasteiger charge is 2.02. The summed E-state index contributed by atoms with van der Waals surface area (Å²) in [5.74, 6) is 1.39. The average molecular weight is 360 g/mol. The Morgan fingerprint density at radius 3 is 2.76 bits per heavy atom. The quantitative estimate of drug-likeness (QED) is 0.661. The summed E-state index contributed by atoms with van der Waals surface area (Å²) in [6, 6.07) is 11.3. The van der Waals surface area contributed by atoms with Gasteiger partial charge in [-0.25, -0.2) is 0 Å². The van der Waals surface area contributed by atoms with Gasteiger partial charge in [0.1, 0.15) is 11.5 Å². The predicted molar refractivity (Wildman–Crippen MR) is 101 cm³/mol. The number of hydrogen-bond donors (Lipinski definition) is 1. The fraction of sp³-hybridized carbons (Fsp3) is 0.316. The van der Waals surface area contributed by atoms with Gasteiger partial charge in [0.25, 0.3) is 5.91 Å². The molecule has 25 heavy (non-hydrogen) atoms. The third-order valence-electron chi connectivity index (χ3n) is 3.13. The zero-order valence-electron chi connectivity index (χ0n) is 14.6. The highest BCUT2D eigenvalue weighted by atomic mass is 32.1. The smallest absolute Gasteiger partial charge is 0.261 e. The molecule has 0 bridgehead atoms. The van der Waals surface area contributed by atoms with Crippen molar-refractivity contribution in [3.05, 3.63) is 58.9 Å². The van der Waals surface area contributed by atoms with Crippen LogP contribution in [0.4, 0.5) is 0 Å². The minimum absolute atomic E-state index is 0.00555. The summed E-state index contributed by atoms with van der Waals surface area (Å²) in [6.45, 7) is 1.49. The molecule has 0 aliphatic carbocycles. The van der Waals surface area contributed by atoms with E-state index in [2.05, 4.69) is 16.3 Å². The van der Waals surface area contributed by atoms with E-state index in [-0.39, 0.29) is 12.5 Å². The van der Waals surface area contributed by atoms with E-state index in [4.69, 9.17) is 9.47 Å². The van der Waals surface area contributed by atoms with Crippen LogP contribution in [0, 0.1) is 0 Å². The van der Waals surface area contributed by atoms with Gasteiger partial charge in [0.15, 0.2) is 6.61 Å². The van der Waals surface area contributed by atoms with Crippen molar-refractivity contribution < 1.29 is 14.3 Å². The molecule has 0 fully saturated rings. The first-order chi connectivity index (χ1) is 12.1. The lowest BCUT2D eigenvalue weighted by Crippen LogP contribution is -2.24. The summed E-state index contributed by atoms with van der Waals surface area (Å²) in [6.07, 6.45) is 4.22. The predicted octanol–water partition coefficient (Wildman–Crippen LogP) is 3.29. The first-order valence-corrected chi connectivity index (χ1v) is 8.98. The number of benzene rings is 1. The Bertz CT molecular complexity index is 668. The van der Waals surface area contributed by atoms with Gasteiger partial charge in [-0.15, -0.1) is 11.3 Å². The Morgan fingerprint density at radius 2 is 2.00 bits per heavy atom. The van der Waals surface area contributed by atoms with Crippen LogP contribution in [0.1, 0.15) is 11.3 Å².